The molecule has 6 heteroatoms. The molecule has 0 spiro atoms. The zero-order chi connectivity index (χ0) is 14.3. The molecule has 0 bridgehead atoms. The van der Waals surface area contributed by atoms with Gasteiger partial charge in [-0.05, 0) is 24.3 Å². The topological polar surface area (TPSA) is 41.8 Å². The van der Waals surface area contributed by atoms with Gasteiger partial charge in [0.05, 0.1) is 28.4 Å². The van der Waals surface area contributed by atoms with Gasteiger partial charge in [0.25, 0.3) is 0 Å². The molecule has 20 heavy (non-hydrogen) atoms. The van der Waals surface area contributed by atoms with E-state index in [1.165, 1.54) is 6.07 Å². The van der Waals surface area contributed by atoms with Crippen molar-refractivity contribution in [3.8, 4) is 11.4 Å². The van der Waals surface area contributed by atoms with Crippen LogP contribution in [0.25, 0.3) is 22.4 Å². The molecule has 0 unspecified atom stereocenters. The SMILES string of the molecule is CCc1occc1-c1nc2ccc(C(F)(F)F)cc2[nH]1. The summed E-state index contributed by atoms with van der Waals surface area (Å²) in [7, 11) is 0. The largest absolute Gasteiger partial charge is 0.469 e. The van der Waals surface area contributed by atoms with Crippen LogP contribution in [-0.4, -0.2) is 9.97 Å². The Morgan fingerprint density at radius 3 is 2.75 bits per heavy atom. The van der Waals surface area contributed by atoms with Crippen molar-refractivity contribution >= 4 is 11.0 Å². The molecule has 0 aliphatic carbocycles. The van der Waals surface area contributed by atoms with Crippen molar-refractivity contribution < 1.29 is 17.6 Å². The molecule has 2 aromatic heterocycles. The monoisotopic (exact) mass is 280 g/mol. The van der Waals surface area contributed by atoms with Crippen molar-refractivity contribution in [2.45, 2.75) is 19.5 Å². The van der Waals surface area contributed by atoms with E-state index in [9.17, 15) is 13.2 Å². The number of nitrogens with one attached hydrogen (secondary N) is 1. The average molecular weight is 280 g/mol. The number of nitrogens with zero attached hydrogens (tertiary/aromatic N) is 1. The summed E-state index contributed by atoms with van der Waals surface area (Å²) in [5, 5.41) is 0. The number of H-pyrrole nitrogens is 1. The summed E-state index contributed by atoms with van der Waals surface area (Å²) in [4.78, 5) is 7.22. The maximum absolute atomic E-state index is 12.7. The van der Waals surface area contributed by atoms with Gasteiger partial charge in [-0.1, -0.05) is 6.92 Å². The third-order valence-corrected chi connectivity index (χ3v) is 3.13. The maximum atomic E-state index is 12.7. The Bertz CT molecular complexity index is 755. The standard InChI is InChI=1S/C14H11F3N2O/c1-2-12-9(5-6-20-12)13-18-10-4-3-8(14(15,16)17)7-11(10)19-13/h3-7H,2H2,1H3,(H,18,19). The van der Waals surface area contributed by atoms with Crippen molar-refractivity contribution in [1.29, 1.82) is 0 Å². The lowest BCUT2D eigenvalue weighted by molar-refractivity contribution is -0.137. The van der Waals surface area contributed by atoms with E-state index in [0.29, 0.717) is 23.3 Å². The molecule has 1 aromatic carbocycles. The van der Waals surface area contributed by atoms with Crippen LogP contribution >= 0.6 is 0 Å². The molecule has 3 rings (SSSR count). The molecule has 0 saturated carbocycles. The summed E-state index contributed by atoms with van der Waals surface area (Å²) in [6.45, 7) is 1.94. The highest BCUT2D eigenvalue weighted by molar-refractivity contribution is 5.80. The number of hydrogen-bond donors (Lipinski definition) is 1. The molecular formula is C14H11F3N2O. The van der Waals surface area contributed by atoms with Gasteiger partial charge in [-0.15, -0.1) is 0 Å². The van der Waals surface area contributed by atoms with Gasteiger partial charge in [-0.2, -0.15) is 13.2 Å². The van der Waals surface area contributed by atoms with Crippen LogP contribution < -0.4 is 0 Å². The first-order valence-electron chi connectivity index (χ1n) is 6.12. The summed E-state index contributed by atoms with van der Waals surface area (Å²) in [6, 6.07) is 5.21. The second-order valence-corrected chi connectivity index (χ2v) is 4.43. The highest BCUT2D eigenvalue weighted by Gasteiger charge is 2.30. The molecule has 0 aliphatic heterocycles. The molecule has 0 radical (unpaired) electrons. The average Bonchev–Trinajstić information content (AvgIpc) is 3.02. The number of fused-ring (bicyclic) bond motifs is 1. The minimum absolute atomic E-state index is 0.359. The number of benzene rings is 1. The van der Waals surface area contributed by atoms with Crippen LogP contribution in [-0.2, 0) is 12.6 Å². The molecule has 0 fully saturated rings. The number of furan rings is 1. The molecule has 0 saturated heterocycles. The van der Waals surface area contributed by atoms with E-state index in [2.05, 4.69) is 9.97 Å². The Kier molecular flexibility index (Phi) is 2.81. The molecule has 0 atom stereocenters. The summed E-state index contributed by atoms with van der Waals surface area (Å²) >= 11 is 0. The minimum atomic E-state index is -4.36. The number of aryl methyl sites for hydroxylation is 1. The van der Waals surface area contributed by atoms with E-state index in [1.54, 1.807) is 12.3 Å². The van der Waals surface area contributed by atoms with Crippen molar-refractivity contribution in [3.63, 3.8) is 0 Å². The van der Waals surface area contributed by atoms with E-state index in [0.717, 1.165) is 23.5 Å². The summed E-state index contributed by atoms with van der Waals surface area (Å²) in [5.41, 5.74) is 0.940. The fourth-order valence-corrected chi connectivity index (χ4v) is 2.14. The first-order valence-corrected chi connectivity index (χ1v) is 6.12. The van der Waals surface area contributed by atoms with Crippen molar-refractivity contribution in [1.82, 2.24) is 9.97 Å². The van der Waals surface area contributed by atoms with Gasteiger partial charge in [0.2, 0.25) is 0 Å². The number of rotatable bonds is 2. The molecule has 1 N–H and O–H groups in total. The van der Waals surface area contributed by atoms with E-state index >= 15 is 0 Å². The first kappa shape index (κ1) is 12.8. The summed E-state index contributed by atoms with van der Waals surface area (Å²) < 4.78 is 43.3. The molecule has 3 aromatic rings. The fraction of sp³-hybridized carbons (Fsp3) is 0.214. The zero-order valence-electron chi connectivity index (χ0n) is 10.6. The van der Waals surface area contributed by atoms with Gasteiger partial charge in [-0.3, -0.25) is 0 Å². The minimum Gasteiger partial charge on any atom is -0.469 e. The van der Waals surface area contributed by atoms with Crippen LogP contribution in [0.1, 0.15) is 18.2 Å². The Morgan fingerprint density at radius 1 is 1.25 bits per heavy atom. The zero-order valence-corrected chi connectivity index (χ0v) is 10.6. The highest BCUT2D eigenvalue weighted by Crippen LogP contribution is 2.32. The number of aromatic nitrogens is 2. The van der Waals surface area contributed by atoms with Crippen LogP contribution in [0.4, 0.5) is 13.2 Å². The van der Waals surface area contributed by atoms with E-state index in [4.69, 9.17) is 4.42 Å². The van der Waals surface area contributed by atoms with Crippen molar-refractivity contribution in [2.75, 3.05) is 0 Å². The Hall–Kier alpha value is -2.24. The maximum Gasteiger partial charge on any atom is 0.416 e. The predicted molar refractivity (Wildman–Crippen MR) is 68.2 cm³/mol. The number of imidazole rings is 1. The number of aromatic amines is 1. The molecule has 2 heterocycles. The van der Waals surface area contributed by atoms with E-state index in [-0.39, 0.29) is 0 Å². The van der Waals surface area contributed by atoms with Crippen LogP contribution in [0.15, 0.2) is 34.9 Å². The van der Waals surface area contributed by atoms with Gasteiger partial charge < -0.3 is 9.40 Å². The normalized spacial score (nSPS) is 12.2. The van der Waals surface area contributed by atoms with Crippen LogP contribution in [0, 0.1) is 0 Å². The summed E-state index contributed by atoms with van der Waals surface area (Å²) in [6.07, 6.45) is -2.13. The lowest BCUT2D eigenvalue weighted by Crippen LogP contribution is -2.04. The quantitative estimate of drug-likeness (QED) is 0.755. The highest BCUT2D eigenvalue weighted by atomic mass is 19.4. The van der Waals surface area contributed by atoms with Gasteiger partial charge in [-0.25, -0.2) is 4.98 Å². The lowest BCUT2D eigenvalue weighted by Gasteiger charge is -2.05. The van der Waals surface area contributed by atoms with E-state index < -0.39 is 11.7 Å². The second kappa shape index (κ2) is 4.40. The Balaban J connectivity index is 2.12. The summed E-state index contributed by atoms with van der Waals surface area (Å²) in [5.74, 6) is 1.27. The van der Waals surface area contributed by atoms with Crippen molar-refractivity contribution in [3.05, 3.63) is 41.9 Å². The second-order valence-electron chi connectivity index (χ2n) is 4.43. The first-order chi connectivity index (χ1) is 9.49. The third kappa shape index (κ3) is 2.07. The smallest absolute Gasteiger partial charge is 0.416 e. The molecule has 0 amide bonds. The van der Waals surface area contributed by atoms with Crippen molar-refractivity contribution in [2.24, 2.45) is 0 Å². The van der Waals surface area contributed by atoms with Crippen LogP contribution in [0.3, 0.4) is 0 Å². The predicted octanol–water partition coefficient (Wildman–Crippen LogP) is 4.40. The molecule has 0 aliphatic rings. The lowest BCUT2D eigenvalue weighted by atomic mass is 10.2. The number of hydrogen-bond acceptors (Lipinski definition) is 2. The Labute approximate surface area is 112 Å². The van der Waals surface area contributed by atoms with Gasteiger partial charge >= 0.3 is 6.18 Å². The van der Waals surface area contributed by atoms with Gasteiger partial charge in [0.1, 0.15) is 11.6 Å². The molecule has 3 nitrogen and oxygen atoms in total. The number of halogens is 3. The number of alkyl halides is 3. The Morgan fingerprint density at radius 2 is 2.05 bits per heavy atom. The van der Waals surface area contributed by atoms with Gasteiger partial charge in [0.15, 0.2) is 0 Å². The van der Waals surface area contributed by atoms with Gasteiger partial charge in [0, 0.05) is 6.42 Å². The fourth-order valence-electron chi connectivity index (χ4n) is 2.14. The molecule has 104 valence electrons. The third-order valence-electron chi connectivity index (χ3n) is 3.13. The van der Waals surface area contributed by atoms with E-state index in [1.807, 2.05) is 6.92 Å². The van der Waals surface area contributed by atoms with Crippen LogP contribution in [0.2, 0.25) is 0 Å². The van der Waals surface area contributed by atoms with Crippen LogP contribution in [0.5, 0.6) is 0 Å². The molecular weight excluding hydrogens is 269 g/mol.